The molecule has 1 unspecified atom stereocenters. The average Bonchev–Trinajstić information content (AvgIpc) is 3.26. The molecular weight excluding hydrogens is 437 g/mol. The Labute approximate surface area is 206 Å². The van der Waals surface area contributed by atoms with Crippen LogP contribution in [0.25, 0.3) is 5.65 Å². The molecule has 0 aliphatic carbocycles. The van der Waals surface area contributed by atoms with E-state index in [4.69, 9.17) is 4.98 Å². The summed E-state index contributed by atoms with van der Waals surface area (Å²) in [7, 11) is 2.02. The lowest BCUT2D eigenvalue weighted by Crippen LogP contribution is -2.42. The smallest absolute Gasteiger partial charge is 0.321 e. The molecular formula is C26H30BN7O. The Kier molecular flexibility index (Phi) is 6.40. The number of carbonyl (C=O) groups is 1. The summed E-state index contributed by atoms with van der Waals surface area (Å²) in [6.07, 6.45) is 7.40. The van der Waals surface area contributed by atoms with Crippen LogP contribution in [0.4, 0.5) is 16.3 Å². The lowest BCUT2D eigenvalue weighted by molar-refractivity contribution is 0.192. The molecule has 1 saturated heterocycles. The molecule has 4 heterocycles. The van der Waals surface area contributed by atoms with Crippen molar-refractivity contribution in [3.8, 4) is 0 Å². The number of hydrogen-bond acceptors (Lipinski definition) is 5. The van der Waals surface area contributed by atoms with E-state index in [2.05, 4.69) is 26.8 Å². The van der Waals surface area contributed by atoms with Gasteiger partial charge in [-0.15, -0.1) is 0 Å². The van der Waals surface area contributed by atoms with Crippen LogP contribution in [0.15, 0.2) is 55.0 Å². The number of para-hydroxylation sites is 1. The lowest BCUT2D eigenvalue weighted by atomic mass is 9.94. The van der Waals surface area contributed by atoms with Crippen LogP contribution in [0.1, 0.15) is 41.1 Å². The minimum atomic E-state index is -0.0522. The number of hydrogen-bond donors (Lipinski definition) is 2. The van der Waals surface area contributed by atoms with Gasteiger partial charge in [-0.05, 0) is 54.9 Å². The maximum Gasteiger partial charge on any atom is 0.321 e. The van der Waals surface area contributed by atoms with Crippen molar-refractivity contribution in [3.63, 3.8) is 0 Å². The first-order valence-corrected chi connectivity index (χ1v) is 12.1. The molecule has 3 aromatic heterocycles. The Morgan fingerprint density at radius 2 is 2.00 bits per heavy atom. The summed E-state index contributed by atoms with van der Waals surface area (Å²) in [5, 5.41) is 11.2. The minimum absolute atomic E-state index is 0.0522. The summed E-state index contributed by atoms with van der Waals surface area (Å²) in [6.45, 7) is 6.06. The topological polar surface area (TPSA) is 87.5 Å². The Bertz CT molecular complexity index is 1330. The van der Waals surface area contributed by atoms with E-state index >= 15 is 0 Å². The maximum absolute atomic E-state index is 13.2. The van der Waals surface area contributed by atoms with Gasteiger partial charge in [0.2, 0.25) is 0 Å². The average molecular weight is 467 g/mol. The Hall–Kier alpha value is -3.88. The van der Waals surface area contributed by atoms with E-state index in [1.807, 2.05) is 73.8 Å². The van der Waals surface area contributed by atoms with Crippen molar-refractivity contribution in [1.82, 2.24) is 24.5 Å². The summed E-state index contributed by atoms with van der Waals surface area (Å²) in [5.74, 6) is 1.05. The van der Waals surface area contributed by atoms with E-state index < -0.39 is 0 Å². The minimum Gasteiger partial charge on any atom is -0.366 e. The lowest BCUT2D eigenvalue weighted by Gasteiger charge is -2.33. The Balaban J connectivity index is 1.37. The number of piperidine rings is 1. The van der Waals surface area contributed by atoms with Gasteiger partial charge in [-0.2, -0.15) is 9.61 Å². The summed E-state index contributed by atoms with van der Waals surface area (Å²) in [5.41, 5.74) is 6.98. The second-order valence-corrected chi connectivity index (χ2v) is 9.33. The molecule has 0 radical (unpaired) electrons. The van der Waals surface area contributed by atoms with Crippen LogP contribution in [0.3, 0.4) is 0 Å². The summed E-state index contributed by atoms with van der Waals surface area (Å²) >= 11 is 0. The Morgan fingerprint density at radius 1 is 1.17 bits per heavy atom. The zero-order chi connectivity index (χ0) is 24.4. The number of aryl methyl sites for hydroxylation is 2. The molecule has 0 saturated carbocycles. The first-order chi connectivity index (χ1) is 17.0. The van der Waals surface area contributed by atoms with Crippen LogP contribution in [-0.4, -0.2) is 51.4 Å². The van der Waals surface area contributed by atoms with Crippen LogP contribution in [0.5, 0.6) is 0 Å². The number of nitrogens with one attached hydrogen (secondary N) is 2. The maximum atomic E-state index is 13.2. The molecule has 1 atom stereocenters. The van der Waals surface area contributed by atoms with E-state index in [1.165, 1.54) is 0 Å². The fraction of sp³-hybridized carbons (Fsp3) is 0.308. The molecule has 178 valence electrons. The van der Waals surface area contributed by atoms with Crippen LogP contribution >= 0.6 is 0 Å². The van der Waals surface area contributed by atoms with Gasteiger partial charge in [-0.1, -0.05) is 24.3 Å². The van der Waals surface area contributed by atoms with E-state index in [0.29, 0.717) is 13.1 Å². The summed E-state index contributed by atoms with van der Waals surface area (Å²) in [6, 6.07) is 12.1. The predicted octanol–water partition coefficient (Wildman–Crippen LogP) is 3.02. The summed E-state index contributed by atoms with van der Waals surface area (Å²) < 4.78 is 1.85. The van der Waals surface area contributed by atoms with Crippen molar-refractivity contribution in [2.24, 2.45) is 0 Å². The summed E-state index contributed by atoms with van der Waals surface area (Å²) in [4.78, 5) is 24.2. The van der Waals surface area contributed by atoms with Gasteiger partial charge in [0.15, 0.2) is 5.65 Å². The highest BCUT2D eigenvalue weighted by atomic mass is 16.2. The number of amides is 2. The molecule has 35 heavy (non-hydrogen) atoms. The number of urea groups is 1. The molecule has 1 aliphatic rings. The molecule has 5 rings (SSSR count). The van der Waals surface area contributed by atoms with Gasteiger partial charge < -0.3 is 15.5 Å². The zero-order valence-electron chi connectivity index (χ0n) is 20.5. The number of likely N-dealkylation sites (tertiary alicyclic amines) is 1. The molecule has 1 aliphatic heterocycles. The van der Waals surface area contributed by atoms with Crippen molar-refractivity contribution >= 4 is 36.5 Å². The number of carbonyl (C=O) groups excluding carboxylic acids is 1. The monoisotopic (exact) mass is 467 g/mol. The highest BCUT2D eigenvalue weighted by molar-refractivity contribution is 6.36. The zero-order valence-corrected chi connectivity index (χ0v) is 20.5. The second-order valence-electron chi connectivity index (χ2n) is 9.33. The Morgan fingerprint density at radius 3 is 2.77 bits per heavy atom. The number of anilines is 2. The second kappa shape index (κ2) is 9.78. The first kappa shape index (κ1) is 22.9. The van der Waals surface area contributed by atoms with Gasteiger partial charge in [0.05, 0.1) is 5.69 Å². The first-order valence-electron chi connectivity index (χ1n) is 12.1. The van der Waals surface area contributed by atoms with Gasteiger partial charge in [-0.3, -0.25) is 4.98 Å². The standard InChI is InChI=1S/C26H30BN7O/c1-17-6-3-7-18(2)24(17)32-26(35)33-11-5-9-20(16-33)22-12-23(29-14-19-8-4-10-28-13-19)34-25(31-22)21(27)15-30-34/h3-4,6-8,10,12-13,15,20,29H,5,9,11,14,16,27H2,1-2H3,(H,32,35). The van der Waals surface area contributed by atoms with Gasteiger partial charge in [0, 0.05) is 55.9 Å². The van der Waals surface area contributed by atoms with Crippen LogP contribution in [0, 0.1) is 13.8 Å². The van der Waals surface area contributed by atoms with Gasteiger partial charge in [0.25, 0.3) is 0 Å². The van der Waals surface area contributed by atoms with E-state index in [1.54, 1.807) is 6.20 Å². The predicted molar refractivity (Wildman–Crippen MR) is 141 cm³/mol. The fourth-order valence-electron chi connectivity index (χ4n) is 4.72. The van der Waals surface area contributed by atoms with Gasteiger partial charge in [0.1, 0.15) is 13.7 Å². The number of rotatable bonds is 5. The van der Waals surface area contributed by atoms with Crippen molar-refractivity contribution < 1.29 is 4.79 Å². The molecule has 1 aromatic carbocycles. The van der Waals surface area contributed by atoms with Crippen molar-refractivity contribution in [2.75, 3.05) is 23.7 Å². The van der Waals surface area contributed by atoms with E-state index in [0.717, 1.165) is 64.4 Å². The highest BCUT2D eigenvalue weighted by Gasteiger charge is 2.27. The number of benzene rings is 1. The number of pyridine rings is 1. The highest BCUT2D eigenvalue weighted by Crippen LogP contribution is 2.29. The molecule has 4 aromatic rings. The molecule has 0 bridgehead atoms. The molecule has 9 heteroatoms. The molecule has 8 nitrogen and oxygen atoms in total. The number of nitrogens with zero attached hydrogens (tertiary/aromatic N) is 5. The molecule has 1 fully saturated rings. The van der Waals surface area contributed by atoms with Crippen LogP contribution in [-0.2, 0) is 6.54 Å². The molecule has 0 spiro atoms. The van der Waals surface area contributed by atoms with Crippen molar-refractivity contribution in [3.05, 3.63) is 77.4 Å². The number of fused-ring (bicyclic) bond motifs is 1. The van der Waals surface area contributed by atoms with Crippen molar-refractivity contribution in [2.45, 2.75) is 39.2 Å². The van der Waals surface area contributed by atoms with Gasteiger partial charge >= 0.3 is 6.03 Å². The van der Waals surface area contributed by atoms with Crippen LogP contribution < -0.4 is 16.1 Å². The third-order valence-corrected chi connectivity index (χ3v) is 6.70. The van der Waals surface area contributed by atoms with Crippen molar-refractivity contribution in [1.29, 1.82) is 0 Å². The van der Waals surface area contributed by atoms with Gasteiger partial charge in [-0.25, -0.2) is 9.78 Å². The molecule has 2 N–H and O–H groups in total. The SMILES string of the molecule is Bc1cnn2c(NCc3cccnc3)cc(C3CCCN(C(=O)Nc4c(C)cccc4C)C3)nc12. The normalized spacial score (nSPS) is 15.8. The van der Waals surface area contributed by atoms with Crippen LogP contribution in [0.2, 0.25) is 0 Å². The third kappa shape index (κ3) is 4.85. The fourth-order valence-corrected chi connectivity index (χ4v) is 4.72. The number of aromatic nitrogens is 4. The van der Waals surface area contributed by atoms with E-state index in [-0.39, 0.29) is 11.9 Å². The quantitative estimate of drug-likeness (QED) is 0.441. The third-order valence-electron chi connectivity index (χ3n) is 6.70. The van der Waals surface area contributed by atoms with E-state index in [9.17, 15) is 4.79 Å². The molecule has 2 amide bonds. The largest absolute Gasteiger partial charge is 0.366 e.